The minimum absolute atomic E-state index is 0. The molecule has 1 aliphatic heterocycles. The third-order valence-corrected chi connectivity index (χ3v) is 5.94. The summed E-state index contributed by atoms with van der Waals surface area (Å²) >= 11 is 0. The van der Waals surface area contributed by atoms with Crippen molar-refractivity contribution in [3.05, 3.63) is 11.7 Å². The lowest BCUT2D eigenvalue weighted by Gasteiger charge is -2.39. The van der Waals surface area contributed by atoms with Gasteiger partial charge in [0, 0.05) is 38.3 Å². The molecule has 30 heavy (non-hydrogen) atoms. The second-order valence-electron chi connectivity index (χ2n) is 8.09. The lowest BCUT2D eigenvalue weighted by molar-refractivity contribution is 0.0683. The van der Waals surface area contributed by atoms with E-state index < -0.39 is 0 Å². The number of hydrogen-bond acceptors (Lipinski definition) is 6. The molecule has 9 heteroatoms. The Kier molecular flexibility index (Phi) is 11.4. The van der Waals surface area contributed by atoms with Crippen molar-refractivity contribution >= 4 is 29.9 Å². The zero-order valence-electron chi connectivity index (χ0n) is 18.7. The van der Waals surface area contributed by atoms with Crippen LogP contribution in [0.25, 0.3) is 0 Å². The molecule has 1 aromatic heterocycles. The Morgan fingerprint density at radius 2 is 1.93 bits per heavy atom. The molecule has 172 valence electrons. The molecule has 2 aliphatic rings. The molecule has 1 unspecified atom stereocenters. The van der Waals surface area contributed by atoms with E-state index >= 15 is 0 Å². The lowest BCUT2D eigenvalue weighted by atomic mass is 9.92. The number of rotatable bonds is 8. The molecule has 0 spiro atoms. The van der Waals surface area contributed by atoms with Crippen LogP contribution in [-0.4, -0.2) is 59.3 Å². The topological polar surface area (TPSA) is 87.8 Å². The second kappa shape index (κ2) is 13.5. The first-order valence-corrected chi connectivity index (χ1v) is 11.4. The van der Waals surface area contributed by atoms with E-state index in [4.69, 9.17) is 9.26 Å². The highest BCUT2D eigenvalue weighted by Gasteiger charge is 2.26. The van der Waals surface area contributed by atoms with Crippen molar-refractivity contribution in [1.29, 1.82) is 0 Å². The number of likely N-dealkylation sites (tertiary alicyclic amines) is 1. The van der Waals surface area contributed by atoms with Crippen molar-refractivity contribution in [3.8, 4) is 0 Å². The van der Waals surface area contributed by atoms with Crippen LogP contribution in [0.4, 0.5) is 0 Å². The Labute approximate surface area is 198 Å². The average molecular weight is 534 g/mol. The number of nitrogens with one attached hydrogen (secondary N) is 2. The summed E-state index contributed by atoms with van der Waals surface area (Å²) in [5.41, 5.74) is 0. The maximum atomic E-state index is 5.51. The molecular formula is C21H39IN6O2. The smallest absolute Gasteiger partial charge is 0.248 e. The van der Waals surface area contributed by atoms with Crippen LogP contribution in [0.15, 0.2) is 9.52 Å². The lowest BCUT2D eigenvalue weighted by Crippen LogP contribution is -2.50. The van der Waals surface area contributed by atoms with Crippen molar-refractivity contribution < 1.29 is 9.26 Å². The molecular weight excluding hydrogens is 495 g/mol. The van der Waals surface area contributed by atoms with E-state index in [1.54, 1.807) is 0 Å². The first-order valence-electron chi connectivity index (χ1n) is 11.4. The predicted octanol–water partition coefficient (Wildman–Crippen LogP) is 3.64. The van der Waals surface area contributed by atoms with Crippen molar-refractivity contribution in [2.75, 3.05) is 26.2 Å². The van der Waals surface area contributed by atoms with Crippen molar-refractivity contribution in [2.45, 2.75) is 90.4 Å². The van der Waals surface area contributed by atoms with Crippen LogP contribution in [0.3, 0.4) is 0 Å². The van der Waals surface area contributed by atoms with E-state index in [2.05, 4.69) is 37.6 Å². The molecule has 0 amide bonds. The molecule has 1 aliphatic carbocycles. The molecule has 0 radical (unpaired) electrons. The van der Waals surface area contributed by atoms with Gasteiger partial charge in [0.05, 0.1) is 0 Å². The maximum absolute atomic E-state index is 5.51. The Morgan fingerprint density at radius 1 is 1.20 bits per heavy atom. The van der Waals surface area contributed by atoms with Gasteiger partial charge in [0.25, 0.3) is 0 Å². The number of nitrogens with zero attached hydrogens (tertiary/aromatic N) is 4. The van der Waals surface area contributed by atoms with Gasteiger partial charge in [-0.25, -0.2) is 4.99 Å². The summed E-state index contributed by atoms with van der Waals surface area (Å²) in [6.45, 7) is 10.1. The summed E-state index contributed by atoms with van der Waals surface area (Å²) < 4.78 is 10.8. The minimum Gasteiger partial charge on any atom is -0.371 e. The van der Waals surface area contributed by atoms with Gasteiger partial charge in [-0.2, -0.15) is 4.98 Å². The predicted molar refractivity (Wildman–Crippen MR) is 129 cm³/mol. The highest BCUT2D eigenvalue weighted by atomic mass is 127. The largest absolute Gasteiger partial charge is 0.371 e. The van der Waals surface area contributed by atoms with E-state index in [9.17, 15) is 0 Å². The molecule has 1 atom stereocenters. The van der Waals surface area contributed by atoms with E-state index in [0.717, 1.165) is 31.4 Å². The third kappa shape index (κ3) is 7.64. The van der Waals surface area contributed by atoms with Gasteiger partial charge in [0.15, 0.2) is 11.8 Å². The van der Waals surface area contributed by atoms with Gasteiger partial charge in [-0.15, -0.1) is 24.0 Å². The van der Waals surface area contributed by atoms with Crippen LogP contribution in [0.2, 0.25) is 0 Å². The number of hydrogen-bond donors (Lipinski definition) is 2. The normalized spacial score (nSPS) is 20.6. The fourth-order valence-corrected chi connectivity index (χ4v) is 4.34. The third-order valence-electron chi connectivity index (χ3n) is 5.94. The summed E-state index contributed by atoms with van der Waals surface area (Å²) in [5, 5.41) is 10.9. The van der Waals surface area contributed by atoms with E-state index in [1.807, 2.05) is 13.8 Å². The Bertz CT molecular complexity index is 627. The molecule has 2 heterocycles. The highest BCUT2D eigenvalue weighted by Crippen LogP contribution is 2.25. The molecule has 1 saturated carbocycles. The number of aliphatic imine (C=N–C) groups is 1. The molecule has 0 bridgehead atoms. The number of piperidine rings is 1. The quantitative estimate of drug-likeness (QED) is 0.299. The molecule has 0 aromatic carbocycles. The minimum atomic E-state index is -0.165. The van der Waals surface area contributed by atoms with Crippen LogP contribution < -0.4 is 10.6 Å². The first kappa shape index (κ1) is 25.3. The van der Waals surface area contributed by atoms with Gasteiger partial charge < -0.3 is 24.8 Å². The second-order valence-corrected chi connectivity index (χ2v) is 8.09. The van der Waals surface area contributed by atoms with Crippen molar-refractivity contribution in [2.24, 2.45) is 4.99 Å². The van der Waals surface area contributed by atoms with Crippen LogP contribution in [0.5, 0.6) is 0 Å². The fraction of sp³-hybridized carbons (Fsp3) is 0.857. The Balaban J connectivity index is 0.00000320. The Hall–Kier alpha value is -0.940. The summed E-state index contributed by atoms with van der Waals surface area (Å²) in [5.74, 6) is 1.90. The van der Waals surface area contributed by atoms with Crippen molar-refractivity contribution in [3.63, 3.8) is 0 Å². The number of guanidine groups is 1. The number of ether oxygens (including phenoxy) is 1. The van der Waals surface area contributed by atoms with Gasteiger partial charge in [-0.1, -0.05) is 24.4 Å². The zero-order chi connectivity index (χ0) is 20.5. The summed E-state index contributed by atoms with van der Waals surface area (Å²) in [4.78, 5) is 11.8. The zero-order valence-corrected chi connectivity index (χ0v) is 21.1. The molecule has 3 rings (SSSR count). The van der Waals surface area contributed by atoms with Gasteiger partial charge in [-0.3, -0.25) is 0 Å². The van der Waals surface area contributed by atoms with Crippen LogP contribution in [0, 0.1) is 0 Å². The molecule has 8 nitrogen and oxygen atoms in total. The summed E-state index contributed by atoms with van der Waals surface area (Å²) in [6.07, 6.45) is 9.16. The van der Waals surface area contributed by atoms with Gasteiger partial charge in [0.1, 0.15) is 12.6 Å². The van der Waals surface area contributed by atoms with Gasteiger partial charge in [-0.05, 0) is 46.5 Å². The first-order chi connectivity index (χ1) is 14.2. The van der Waals surface area contributed by atoms with E-state index in [0.29, 0.717) is 30.9 Å². The van der Waals surface area contributed by atoms with Crippen LogP contribution in [0.1, 0.15) is 83.5 Å². The van der Waals surface area contributed by atoms with E-state index in [-0.39, 0.29) is 30.1 Å². The fourth-order valence-electron chi connectivity index (χ4n) is 4.34. The summed E-state index contributed by atoms with van der Waals surface area (Å²) in [6, 6.07) is 1.28. The highest BCUT2D eigenvalue weighted by molar-refractivity contribution is 14.0. The van der Waals surface area contributed by atoms with Crippen LogP contribution >= 0.6 is 24.0 Å². The van der Waals surface area contributed by atoms with E-state index in [1.165, 1.54) is 45.2 Å². The van der Waals surface area contributed by atoms with Gasteiger partial charge in [0.2, 0.25) is 5.89 Å². The Morgan fingerprint density at radius 3 is 2.60 bits per heavy atom. The number of halogens is 1. The standard InChI is InChI=1S/C21H38N6O2.HI/c1-4-22-21(23-15-19-25-20(26-29-19)16(3)28-5-2)24-17-11-13-27(14-12-17)18-9-7-6-8-10-18;/h16-18H,4-15H2,1-3H3,(H2,22,23,24);1H. The molecule has 2 fully saturated rings. The van der Waals surface area contributed by atoms with Crippen LogP contribution in [-0.2, 0) is 11.3 Å². The monoisotopic (exact) mass is 534 g/mol. The van der Waals surface area contributed by atoms with Crippen molar-refractivity contribution in [1.82, 2.24) is 25.7 Å². The molecule has 2 N–H and O–H groups in total. The maximum Gasteiger partial charge on any atom is 0.248 e. The van der Waals surface area contributed by atoms with Gasteiger partial charge >= 0.3 is 0 Å². The average Bonchev–Trinajstić information content (AvgIpc) is 3.23. The summed E-state index contributed by atoms with van der Waals surface area (Å²) in [7, 11) is 0. The SMILES string of the molecule is CCNC(=NCc1nc(C(C)OCC)no1)NC1CCN(C2CCCCC2)CC1.I. The molecule has 1 saturated heterocycles. The number of aromatic nitrogens is 2. The molecule has 1 aromatic rings.